The van der Waals surface area contributed by atoms with E-state index in [9.17, 15) is 22.4 Å². The number of aliphatic hydroxyl groups excluding tert-OH is 1. The van der Waals surface area contributed by atoms with Crippen molar-refractivity contribution >= 4 is 18.6 Å². The van der Waals surface area contributed by atoms with E-state index in [1.165, 1.54) is 11.0 Å². The third-order valence-corrected chi connectivity index (χ3v) is 5.18. The van der Waals surface area contributed by atoms with Crippen LogP contribution in [-0.4, -0.2) is 74.0 Å². The van der Waals surface area contributed by atoms with Gasteiger partial charge in [0.25, 0.3) is 6.47 Å². The summed E-state index contributed by atoms with van der Waals surface area (Å²) >= 11 is 0. The van der Waals surface area contributed by atoms with Crippen molar-refractivity contribution in [2.24, 2.45) is 0 Å². The minimum atomic E-state index is -4.27. The van der Waals surface area contributed by atoms with Crippen LogP contribution in [0.3, 0.4) is 0 Å². The highest BCUT2D eigenvalue weighted by Gasteiger charge is 2.33. The fourth-order valence-electron chi connectivity index (χ4n) is 3.50. The SMILES string of the molecule is CNc1cccc(-c2nncn2C(C)CO)n1.O=CO.O=Cc1cc2c(cc1F)CN(CC(F)(F)F)C2. The Balaban J connectivity index is 0.000000235. The van der Waals surface area contributed by atoms with Gasteiger partial charge in [0.1, 0.15) is 23.7 Å². The molecule has 3 heterocycles. The Morgan fingerprint density at radius 3 is 2.41 bits per heavy atom. The molecular weight excluding hydrogens is 500 g/mol. The van der Waals surface area contributed by atoms with Crippen LogP contribution in [-0.2, 0) is 17.9 Å². The second-order valence-corrected chi connectivity index (χ2v) is 7.88. The van der Waals surface area contributed by atoms with Crippen molar-refractivity contribution in [2.75, 3.05) is 25.5 Å². The predicted molar refractivity (Wildman–Crippen MR) is 125 cm³/mol. The van der Waals surface area contributed by atoms with E-state index < -0.39 is 18.5 Å². The van der Waals surface area contributed by atoms with E-state index in [0.717, 1.165) is 17.6 Å². The standard InChI is InChI=1S/C11H9F4NO.C11H15N5O.CH2O2/c12-10-2-8-4-16(6-11(13,14)15)3-7(8)1-9(10)5-17;1-8(6-17)16-7-13-15-11(16)9-4-3-5-10(12-2)14-9;2-1-3/h1-2,5H,3-4,6H2;3-5,7-8,17H,6H2,1-2H3,(H,12,14);1H,(H,2,3). The number of hydrogen-bond acceptors (Lipinski definition) is 8. The number of alkyl halides is 3. The molecule has 4 rings (SSSR count). The van der Waals surface area contributed by atoms with Crippen LogP contribution in [0.25, 0.3) is 11.5 Å². The van der Waals surface area contributed by atoms with E-state index in [0.29, 0.717) is 23.2 Å². The number of pyridine rings is 1. The van der Waals surface area contributed by atoms with Gasteiger partial charge in [0, 0.05) is 20.1 Å². The number of nitrogens with one attached hydrogen (secondary N) is 1. The Labute approximate surface area is 209 Å². The van der Waals surface area contributed by atoms with E-state index in [-0.39, 0.29) is 37.8 Å². The number of nitrogens with zero attached hydrogens (tertiary/aromatic N) is 5. The van der Waals surface area contributed by atoms with E-state index in [2.05, 4.69) is 20.5 Å². The molecule has 0 saturated heterocycles. The number of carbonyl (C=O) groups excluding carboxylic acids is 1. The molecule has 3 N–H and O–H groups in total. The van der Waals surface area contributed by atoms with Crippen molar-refractivity contribution in [2.45, 2.75) is 32.2 Å². The fourth-order valence-corrected chi connectivity index (χ4v) is 3.50. The zero-order valence-corrected chi connectivity index (χ0v) is 20.0. The van der Waals surface area contributed by atoms with E-state index in [4.69, 9.17) is 15.0 Å². The number of aldehydes is 1. The molecular formula is C23H26F4N6O4. The van der Waals surface area contributed by atoms with E-state index in [1.54, 1.807) is 6.33 Å². The van der Waals surface area contributed by atoms with Crippen LogP contribution in [0.2, 0.25) is 0 Å². The highest BCUT2D eigenvalue weighted by Crippen LogP contribution is 2.28. The summed E-state index contributed by atoms with van der Waals surface area (Å²) in [5, 5.41) is 26.9. The highest BCUT2D eigenvalue weighted by molar-refractivity contribution is 5.76. The maximum Gasteiger partial charge on any atom is 0.401 e. The lowest BCUT2D eigenvalue weighted by Gasteiger charge is -2.16. The minimum Gasteiger partial charge on any atom is -0.483 e. The van der Waals surface area contributed by atoms with Gasteiger partial charge in [-0.05, 0) is 42.3 Å². The van der Waals surface area contributed by atoms with Crippen molar-refractivity contribution in [3.8, 4) is 11.5 Å². The number of carboxylic acid groups (broad SMARTS) is 1. The van der Waals surface area contributed by atoms with Gasteiger partial charge in [0.05, 0.1) is 24.8 Å². The Hall–Kier alpha value is -3.91. The molecule has 0 fully saturated rings. The first kappa shape index (κ1) is 29.3. The third-order valence-electron chi connectivity index (χ3n) is 5.18. The molecule has 0 radical (unpaired) electrons. The Morgan fingerprint density at radius 2 is 1.84 bits per heavy atom. The molecule has 2 aromatic heterocycles. The van der Waals surface area contributed by atoms with Gasteiger partial charge in [-0.3, -0.25) is 14.5 Å². The van der Waals surface area contributed by atoms with E-state index >= 15 is 0 Å². The van der Waals surface area contributed by atoms with Crippen LogP contribution < -0.4 is 5.32 Å². The van der Waals surface area contributed by atoms with Crippen molar-refractivity contribution in [1.82, 2.24) is 24.6 Å². The molecule has 1 aromatic carbocycles. The maximum atomic E-state index is 13.2. The molecule has 0 saturated carbocycles. The van der Waals surface area contributed by atoms with Crippen molar-refractivity contribution in [3.05, 3.63) is 59.2 Å². The van der Waals surface area contributed by atoms with Crippen molar-refractivity contribution in [3.63, 3.8) is 0 Å². The van der Waals surface area contributed by atoms with Crippen LogP contribution in [0.5, 0.6) is 0 Å². The molecule has 37 heavy (non-hydrogen) atoms. The van der Waals surface area contributed by atoms with Crippen LogP contribution in [0.15, 0.2) is 36.7 Å². The third kappa shape index (κ3) is 8.32. The molecule has 1 aliphatic rings. The molecule has 0 amide bonds. The zero-order chi connectivity index (χ0) is 27.6. The normalized spacial score (nSPS) is 13.4. The van der Waals surface area contributed by atoms with Gasteiger partial charge in [-0.2, -0.15) is 13.2 Å². The second kappa shape index (κ2) is 13.4. The highest BCUT2D eigenvalue weighted by atomic mass is 19.4. The quantitative estimate of drug-likeness (QED) is 0.327. The average Bonchev–Trinajstić information content (AvgIpc) is 3.49. The number of hydrogen-bond donors (Lipinski definition) is 3. The minimum absolute atomic E-state index is 0.0385. The van der Waals surface area contributed by atoms with Crippen molar-refractivity contribution in [1.29, 1.82) is 0 Å². The van der Waals surface area contributed by atoms with Crippen LogP contribution in [0, 0.1) is 5.82 Å². The summed E-state index contributed by atoms with van der Waals surface area (Å²) < 4.78 is 51.6. The lowest BCUT2D eigenvalue weighted by atomic mass is 10.1. The summed E-state index contributed by atoms with van der Waals surface area (Å²) in [6, 6.07) is 8.02. The lowest BCUT2D eigenvalue weighted by molar-refractivity contribution is -0.147. The number of halogens is 4. The number of benzene rings is 1. The van der Waals surface area contributed by atoms with Gasteiger partial charge in [-0.15, -0.1) is 10.2 Å². The Bertz CT molecular complexity index is 1190. The largest absolute Gasteiger partial charge is 0.483 e. The van der Waals surface area contributed by atoms with Gasteiger partial charge >= 0.3 is 6.18 Å². The molecule has 200 valence electrons. The number of aliphatic hydroxyl groups is 1. The van der Waals surface area contributed by atoms with Gasteiger partial charge in [0.2, 0.25) is 0 Å². The Morgan fingerprint density at radius 1 is 1.19 bits per heavy atom. The second-order valence-electron chi connectivity index (χ2n) is 7.88. The first-order chi connectivity index (χ1) is 17.6. The summed E-state index contributed by atoms with van der Waals surface area (Å²) in [7, 11) is 1.81. The smallest absolute Gasteiger partial charge is 0.401 e. The monoisotopic (exact) mass is 526 g/mol. The summed E-state index contributed by atoms with van der Waals surface area (Å²) in [5.41, 5.74) is 1.71. The molecule has 0 bridgehead atoms. The number of aromatic nitrogens is 4. The molecule has 14 heteroatoms. The Kier molecular flexibility index (Phi) is 10.6. The topological polar surface area (TPSA) is 133 Å². The number of carbonyl (C=O) groups is 2. The molecule has 0 aliphatic carbocycles. The maximum absolute atomic E-state index is 13.2. The predicted octanol–water partition coefficient (Wildman–Crippen LogP) is 3.15. The summed E-state index contributed by atoms with van der Waals surface area (Å²) in [4.78, 5) is 24.4. The number of fused-ring (bicyclic) bond motifs is 1. The summed E-state index contributed by atoms with van der Waals surface area (Å²) in [6.45, 7) is 0.812. The van der Waals surface area contributed by atoms with Gasteiger partial charge in [-0.1, -0.05) is 6.07 Å². The van der Waals surface area contributed by atoms with Crippen LogP contribution in [0.1, 0.15) is 34.5 Å². The number of anilines is 1. The van der Waals surface area contributed by atoms with Gasteiger partial charge in [-0.25, -0.2) is 9.37 Å². The molecule has 1 aliphatic heterocycles. The average molecular weight is 526 g/mol. The summed E-state index contributed by atoms with van der Waals surface area (Å²) in [6.07, 6.45) is -2.31. The first-order valence-electron chi connectivity index (χ1n) is 10.9. The first-order valence-corrected chi connectivity index (χ1v) is 10.9. The molecule has 10 nitrogen and oxygen atoms in total. The summed E-state index contributed by atoms with van der Waals surface area (Å²) in [5.74, 6) is 0.741. The van der Waals surface area contributed by atoms with Crippen LogP contribution in [0.4, 0.5) is 23.4 Å². The lowest BCUT2D eigenvalue weighted by Crippen LogP contribution is -2.29. The van der Waals surface area contributed by atoms with E-state index in [1.807, 2.05) is 36.7 Å². The molecule has 3 aromatic rings. The van der Waals surface area contributed by atoms with Gasteiger partial charge in [0.15, 0.2) is 12.1 Å². The molecule has 1 unspecified atom stereocenters. The van der Waals surface area contributed by atoms with Crippen molar-refractivity contribution < 1.29 is 37.4 Å². The number of rotatable bonds is 6. The fraction of sp³-hybridized carbons (Fsp3) is 0.348. The zero-order valence-electron chi connectivity index (χ0n) is 20.0. The molecule has 0 spiro atoms. The molecule has 1 atom stereocenters. The van der Waals surface area contributed by atoms with Gasteiger partial charge < -0.3 is 20.1 Å². The van der Waals surface area contributed by atoms with Crippen LogP contribution >= 0.6 is 0 Å².